The SMILES string of the molecule is COc1ccc(N2C(=O)c3ccccc3S2(=O)=O)c(C)c1. The molecule has 1 heterocycles. The van der Waals surface area contributed by atoms with E-state index in [1.807, 2.05) is 0 Å². The van der Waals surface area contributed by atoms with Crippen LogP contribution in [0.25, 0.3) is 0 Å². The number of fused-ring (bicyclic) bond motifs is 1. The van der Waals surface area contributed by atoms with Crippen LogP contribution in [0, 0.1) is 6.92 Å². The molecule has 0 saturated carbocycles. The number of rotatable bonds is 2. The van der Waals surface area contributed by atoms with Crippen LogP contribution in [0.3, 0.4) is 0 Å². The molecule has 21 heavy (non-hydrogen) atoms. The Bertz CT molecular complexity index is 843. The third-order valence-electron chi connectivity index (χ3n) is 3.44. The second kappa shape index (κ2) is 4.60. The van der Waals surface area contributed by atoms with E-state index >= 15 is 0 Å². The van der Waals surface area contributed by atoms with Crippen LogP contribution >= 0.6 is 0 Å². The predicted molar refractivity (Wildman–Crippen MR) is 78.2 cm³/mol. The third-order valence-corrected chi connectivity index (χ3v) is 5.20. The zero-order valence-electron chi connectivity index (χ0n) is 11.5. The van der Waals surface area contributed by atoms with E-state index in [4.69, 9.17) is 4.74 Å². The summed E-state index contributed by atoms with van der Waals surface area (Å²) < 4.78 is 31.1. The molecular formula is C15H13NO4S. The van der Waals surface area contributed by atoms with Gasteiger partial charge in [-0.05, 0) is 42.8 Å². The Labute approximate surface area is 122 Å². The monoisotopic (exact) mass is 303 g/mol. The van der Waals surface area contributed by atoms with Crippen LogP contribution in [0.15, 0.2) is 47.4 Å². The average Bonchev–Trinajstić information content (AvgIpc) is 2.67. The van der Waals surface area contributed by atoms with Crippen molar-refractivity contribution in [2.24, 2.45) is 0 Å². The lowest BCUT2D eigenvalue weighted by Gasteiger charge is -2.18. The molecule has 1 aliphatic rings. The van der Waals surface area contributed by atoms with Crippen molar-refractivity contribution in [1.29, 1.82) is 0 Å². The second-order valence-electron chi connectivity index (χ2n) is 4.72. The molecule has 5 nitrogen and oxygen atoms in total. The van der Waals surface area contributed by atoms with E-state index in [9.17, 15) is 13.2 Å². The average molecular weight is 303 g/mol. The first-order valence-corrected chi connectivity index (χ1v) is 7.74. The smallest absolute Gasteiger partial charge is 0.273 e. The summed E-state index contributed by atoms with van der Waals surface area (Å²) in [5.74, 6) is 0.0803. The van der Waals surface area contributed by atoms with Crippen LogP contribution < -0.4 is 9.04 Å². The van der Waals surface area contributed by atoms with Gasteiger partial charge in [0, 0.05) is 0 Å². The van der Waals surface area contributed by atoms with Crippen molar-refractivity contribution >= 4 is 21.6 Å². The van der Waals surface area contributed by atoms with Gasteiger partial charge in [0.05, 0.1) is 18.4 Å². The molecule has 0 N–H and O–H groups in total. The minimum Gasteiger partial charge on any atom is -0.497 e. The molecule has 2 aromatic carbocycles. The van der Waals surface area contributed by atoms with Gasteiger partial charge in [-0.15, -0.1) is 0 Å². The van der Waals surface area contributed by atoms with E-state index in [0.717, 1.165) is 4.31 Å². The van der Waals surface area contributed by atoms with Gasteiger partial charge in [-0.25, -0.2) is 8.42 Å². The number of carbonyl (C=O) groups excluding carboxylic acids is 1. The number of ether oxygens (including phenoxy) is 1. The molecule has 1 aliphatic heterocycles. The quantitative estimate of drug-likeness (QED) is 0.854. The third kappa shape index (κ3) is 1.91. The van der Waals surface area contributed by atoms with Crippen molar-refractivity contribution in [1.82, 2.24) is 0 Å². The number of sulfonamides is 1. The fourth-order valence-electron chi connectivity index (χ4n) is 2.41. The summed E-state index contributed by atoms with van der Waals surface area (Å²) in [4.78, 5) is 12.5. The van der Waals surface area contributed by atoms with Gasteiger partial charge in [0.15, 0.2) is 0 Å². The van der Waals surface area contributed by atoms with Crippen molar-refractivity contribution in [2.75, 3.05) is 11.4 Å². The topological polar surface area (TPSA) is 63.7 Å². The number of amides is 1. The molecule has 0 radical (unpaired) electrons. The lowest BCUT2D eigenvalue weighted by molar-refractivity contribution is 0.101. The van der Waals surface area contributed by atoms with Crippen molar-refractivity contribution in [3.05, 3.63) is 53.6 Å². The minimum atomic E-state index is -3.85. The number of nitrogens with zero attached hydrogens (tertiary/aromatic N) is 1. The summed E-state index contributed by atoms with van der Waals surface area (Å²) in [7, 11) is -2.32. The Morgan fingerprint density at radius 1 is 1.10 bits per heavy atom. The van der Waals surface area contributed by atoms with Gasteiger partial charge in [-0.3, -0.25) is 4.79 Å². The van der Waals surface area contributed by atoms with Gasteiger partial charge in [-0.1, -0.05) is 12.1 Å². The van der Waals surface area contributed by atoms with Gasteiger partial charge in [0.2, 0.25) is 0 Å². The van der Waals surface area contributed by atoms with E-state index < -0.39 is 15.9 Å². The van der Waals surface area contributed by atoms with E-state index in [2.05, 4.69) is 0 Å². The summed E-state index contributed by atoms with van der Waals surface area (Å²) in [5, 5.41) is 0. The molecule has 3 rings (SSSR count). The molecule has 6 heteroatoms. The Morgan fingerprint density at radius 3 is 2.43 bits per heavy atom. The van der Waals surface area contributed by atoms with Crippen molar-refractivity contribution in [3.8, 4) is 5.75 Å². The maximum atomic E-state index is 12.6. The number of anilines is 1. The minimum absolute atomic E-state index is 0.0465. The van der Waals surface area contributed by atoms with Crippen LogP contribution in [0.2, 0.25) is 0 Å². The molecule has 0 bridgehead atoms. The molecule has 0 spiro atoms. The standard InChI is InChI=1S/C15H13NO4S/c1-10-9-11(20-2)7-8-13(10)16-15(17)12-5-3-4-6-14(12)21(16,18)19/h3-9H,1-2H3. The van der Waals surface area contributed by atoms with Crippen molar-refractivity contribution in [2.45, 2.75) is 11.8 Å². The zero-order valence-corrected chi connectivity index (χ0v) is 12.3. The first-order chi connectivity index (χ1) is 9.96. The van der Waals surface area contributed by atoms with Crippen LogP contribution in [-0.2, 0) is 10.0 Å². The number of methoxy groups -OCH3 is 1. The highest BCUT2D eigenvalue weighted by molar-refractivity contribution is 7.94. The number of carbonyl (C=O) groups is 1. The number of hydrogen-bond acceptors (Lipinski definition) is 4. The summed E-state index contributed by atoms with van der Waals surface area (Å²) in [6.07, 6.45) is 0. The Kier molecular flexibility index (Phi) is 2.98. The molecule has 0 aromatic heterocycles. The van der Waals surface area contributed by atoms with E-state index in [-0.39, 0.29) is 10.5 Å². The molecule has 0 atom stereocenters. The normalized spacial score (nSPS) is 15.9. The van der Waals surface area contributed by atoms with Crippen LogP contribution in [-0.4, -0.2) is 21.4 Å². The highest BCUT2D eigenvalue weighted by Gasteiger charge is 2.42. The molecule has 0 aliphatic carbocycles. The van der Waals surface area contributed by atoms with Gasteiger partial charge in [0.25, 0.3) is 15.9 Å². The van der Waals surface area contributed by atoms with Crippen LogP contribution in [0.1, 0.15) is 15.9 Å². The first-order valence-electron chi connectivity index (χ1n) is 6.30. The summed E-state index contributed by atoms with van der Waals surface area (Å²) in [5.41, 5.74) is 1.20. The molecule has 0 unspecified atom stereocenters. The molecule has 1 amide bonds. The molecule has 108 valence electrons. The number of aryl methyl sites for hydroxylation is 1. The van der Waals surface area contributed by atoms with E-state index in [1.54, 1.807) is 37.3 Å². The van der Waals surface area contributed by atoms with Gasteiger partial charge in [0.1, 0.15) is 10.6 Å². The Hall–Kier alpha value is -2.34. The van der Waals surface area contributed by atoms with E-state index in [0.29, 0.717) is 17.0 Å². The Balaban J connectivity index is 2.20. The summed E-state index contributed by atoms with van der Waals surface area (Å²) >= 11 is 0. The second-order valence-corrected chi connectivity index (χ2v) is 6.48. The Morgan fingerprint density at radius 2 is 1.81 bits per heavy atom. The number of hydrogen-bond donors (Lipinski definition) is 0. The maximum Gasteiger partial charge on any atom is 0.273 e. The first kappa shape index (κ1) is 13.6. The lowest BCUT2D eigenvalue weighted by atomic mass is 10.1. The number of benzene rings is 2. The van der Waals surface area contributed by atoms with Crippen LogP contribution in [0.5, 0.6) is 5.75 Å². The van der Waals surface area contributed by atoms with Crippen molar-refractivity contribution < 1.29 is 17.9 Å². The van der Waals surface area contributed by atoms with Gasteiger partial charge in [-0.2, -0.15) is 4.31 Å². The van der Waals surface area contributed by atoms with Crippen LogP contribution in [0.4, 0.5) is 5.69 Å². The predicted octanol–water partition coefficient (Wildman–Crippen LogP) is 2.35. The highest BCUT2D eigenvalue weighted by atomic mass is 32.2. The fraction of sp³-hybridized carbons (Fsp3) is 0.133. The molecule has 2 aromatic rings. The molecular weight excluding hydrogens is 290 g/mol. The molecule has 0 saturated heterocycles. The summed E-state index contributed by atoms with van der Waals surface area (Å²) in [6.45, 7) is 1.74. The summed E-state index contributed by atoms with van der Waals surface area (Å²) in [6, 6.07) is 11.1. The van der Waals surface area contributed by atoms with E-state index in [1.165, 1.54) is 19.2 Å². The lowest BCUT2D eigenvalue weighted by Crippen LogP contribution is -2.30. The maximum absolute atomic E-state index is 12.6. The van der Waals surface area contributed by atoms with Gasteiger partial charge >= 0.3 is 0 Å². The van der Waals surface area contributed by atoms with Crippen molar-refractivity contribution in [3.63, 3.8) is 0 Å². The van der Waals surface area contributed by atoms with Gasteiger partial charge < -0.3 is 4.74 Å². The zero-order chi connectivity index (χ0) is 15.2. The largest absolute Gasteiger partial charge is 0.497 e. The molecule has 0 fully saturated rings. The highest BCUT2D eigenvalue weighted by Crippen LogP contribution is 2.36. The fourth-order valence-corrected chi connectivity index (χ4v) is 4.07.